The Bertz CT molecular complexity index is 658. The number of nitrogens with one attached hydrogen (secondary N) is 1. The first kappa shape index (κ1) is 14.5. The molecule has 2 N–H and O–H groups in total. The smallest absolute Gasteiger partial charge is 0.335 e. The first-order valence-corrected chi connectivity index (χ1v) is 6.78. The van der Waals surface area contributed by atoms with Gasteiger partial charge < -0.3 is 10.4 Å². The van der Waals surface area contributed by atoms with E-state index in [2.05, 4.69) is 21.2 Å². The second kappa shape index (κ2) is 6.05. The molecule has 2 rings (SSSR count). The molecule has 0 aliphatic rings. The van der Waals surface area contributed by atoms with E-state index < -0.39 is 5.97 Å². The van der Waals surface area contributed by atoms with Crippen molar-refractivity contribution in [3.8, 4) is 0 Å². The molecule has 5 heteroatoms. The molecule has 0 aromatic heterocycles. The van der Waals surface area contributed by atoms with Crippen LogP contribution in [0.1, 0.15) is 21.5 Å². The molecule has 3 nitrogen and oxygen atoms in total. The zero-order valence-electron chi connectivity index (χ0n) is 10.8. The number of carboxylic acid groups (broad SMARTS) is 1. The van der Waals surface area contributed by atoms with E-state index in [1.54, 1.807) is 30.3 Å². The fourth-order valence-electron chi connectivity index (χ4n) is 1.80. The van der Waals surface area contributed by atoms with E-state index in [1.807, 2.05) is 6.92 Å². The molecule has 0 fully saturated rings. The van der Waals surface area contributed by atoms with E-state index in [0.29, 0.717) is 22.3 Å². The highest BCUT2D eigenvalue weighted by molar-refractivity contribution is 9.10. The number of anilines is 1. The van der Waals surface area contributed by atoms with Crippen LogP contribution in [-0.2, 0) is 6.54 Å². The third-order valence-electron chi connectivity index (χ3n) is 2.97. The molecule has 0 saturated carbocycles. The largest absolute Gasteiger partial charge is 0.478 e. The summed E-state index contributed by atoms with van der Waals surface area (Å²) in [7, 11) is 0. The summed E-state index contributed by atoms with van der Waals surface area (Å²) in [6.07, 6.45) is 0. The van der Waals surface area contributed by atoms with Gasteiger partial charge in [-0.2, -0.15) is 0 Å². The summed E-state index contributed by atoms with van der Waals surface area (Å²) in [4.78, 5) is 10.9. The van der Waals surface area contributed by atoms with Gasteiger partial charge in [0, 0.05) is 22.3 Å². The zero-order chi connectivity index (χ0) is 14.7. The molecular weight excluding hydrogens is 325 g/mol. The van der Waals surface area contributed by atoms with Crippen LogP contribution in [0.2, 0.25) is 0 Å². The average Bonchev–Trinajstić information content (AvgIpc) is 2.39. The number of carbonyl (C=O) groups is 1. The Morgan fingerprint density at radius 3 is 2.70 bits per heavy atom. The maximum Gasteiger partial charge on any atom is 0.335 e. The number of hydrogen-bond acceptors (Lipinski definition) is 2. The number of rotatable bonds is 4. The maximum absolute atomic E-state index is 13.7. The minimum absolute atomic E-state index is 0.203. The van der Waals surface area contributed by atoms with Crippen molar-refractivity contribution in [3.05, 3.63) is 63.4 Å². The van der Waals surface area contributed by atoms with Crippen LogP contribution in [-0.4, -0.2) is 11.1 Å². The van der Waals surface area contributed by atoms with Crippen LogP contribution in [0.4, 0.5) is 10.1 Å². The molecule has 0 radical (unpaired) electrons. The van der Waals surface area contributed by atoms with Crippen LogP contribution in [0.25, 0.3) is 0 Å². The van der Waals surface area contributed by atoms with Crippen molar-refractivity contribution in [2.75, 3.05) is 5.32 Å². The third-order valence-corrected chi connectivity index (χ3v) is 3.46. The lowest BCUT2D eigenvalue weighted by Crippen LogP contribution is -2.05. The van der Waals surface area contributed by atoms with E-state index >= 15 is 0 Å². The lowest BCUT2D eigenvalue weighted by Gasteiger charge is -2.11. The highest BCUT2D eigenvalue weighted by atomic mass is 79.9. The van der Waals surface area contributed by atoms with Crippen LogP contribution >= 0.6 is 15.9 Å². The van der Waals surface area contributed by atoms with Gasteiger partial charge in [0.05, 0.1) is 5.56 Å². The summed E-state index contributed by atoms with van der Waals surface area (Å²) >= 11 is 3.20. The topological polar surface area (TPSA) is 49.3 Å². The van der Waals surface area contributed by atoms with Crippen molar-refractivity contribution in [1.29, 1.82) is 0 Å². The number of halogens is 2. The molecule has 0 atom stereocenters. The van der Waals surface area contributed by atoms with Gasteiger partial charge in [-0.25, -0.2) is 9.18 Å². The molecule has 0 bridgehead atoms. The van der Waals surface area contributed by atoms with Crippen LogP contribution < -0.4 is 5.32 Å². The average molecular weight is 338 g/mol. The van der Waals surface area contributed by atoms with Crippen LogP contribution in [0.3, 0.4) is 0 Å². The summed E-state index contributed by atoms with van der Waals surface area (Å²) in [6, 6.07) is 9.67. The summed E-state index contributed by atoms with van der Waals surface area (Å²) in [5.41, 5.74) is 2.32. The van der Waals surface area contributed by atoms with Crippen molar-refractivity contribution in [3.63, 3.8) is 0 Å². The van der Waals surface area contributed by atoms with E-state index in [4.69, 9.17) is 5.11 Å². The molecule has 0 aliphatic heterocycles. The second-order valence-corrected chi connectivity index (χ2v) is 5.34. The van der Waals surface area contributed by atoms with E-state index in [-0.39, 0.29) is 11.4 Å². The minimum atomic E-state index is -0.983. The fraction of sp³-hybridized carbons (Fsp3) is 0.133. The summed E-state index contributed by atoms with van der Waals surface area (Å²) in [5, 5.41) is 12.0. The van der Waals surface area contributed by atoms with Gasteiger partial charge in [0.1, 0.15) is 5.82 Å². The van der Waals surface area contributed by atoms with Gasteiger partial charge >= 0.3 is 5.97 Å². The van der Waals surface area contributed by atoms with Crippen LogP contribution in [0, 0.1) is 12.7 Å². The summed E-state index contributed by atoms with van der Waals surface area (Å²) < 4.78 is 14.4. The van der Waals surface area contributed by atoms with Crippen molar-refractivity contribution < 1.29 is 14.3 Å². The Kier molecular flexibility index (Phi) is 4.39. The summed E-state index contributed by atoms with van der Waals surface area (Å²) in [5.74, 6) is -1.29. The zero-order valence-corrected chi connectivity index (χ0v) is 12.4. The lowest BCUT2D eigenvalue weighted by atomic mass is 10.1. The van der Waals surface area contributed by atoms with Crippen LogP contribution in [0.15, 0.2) is 40.9 Å². The van der Waals surface area contributed by atoms with Crippen molar-refractivity contribution in [2.24, 2.45) is 0 Å². The van der Waals surface area contributed by atoms with Crippen molar-refractivity contribution >= 4 is 27.6 Å². The van der Waals surface area contributed by atoms with Gasteiger partial charge in [-0.05, 0) is 36.8 Å². The molecule has 0 amide bonds. The Morgan fingerprint density at radius 1 is 1.30 bits per heavy atom. The first-order valence-electron chi connectivity index (χ1n) is 5.99. The van der Waals surface area contributed by atoms with Gasteiger partial charge in [0.15, 0.2) is 0 Å². The number of aryl methyl sites for hydroxylation is 1. The Morgan fingerprint density at radius 2 is 2.05 bits per heavy atom. The van der Waals surface area contributed by atoms with Crippen LogP contribution in [0.5, 0.6) is 0 Å². The van der Waals surface area contributed by atoms with Gasteiger partial charge in [-0.1, -0.05) is 28.1 Å². The predicted octanol–water partition coefficient (Wildman–Crippen LogP) is 4.21. The monoisotopic (exact) mass is 337 g/mol. The number of benzene rings is 2. The number of hydrogen-bond donors (Lipinski definition) is 2. The van der Waals surface area contributed by atoms with Crippen molar-refractivity contribution in [2.45, 2.75) is 13.5 Å². The molecule has 0 heterocycles. The lowest BCUT2D eigenvalue weighted by molar-refractivity contribution is 0.0697. The molecule has 104 valence electrons. The molecule has 20 heavy (non-hydrogen) atoms. The Balaban J connectivity index is 2.18. The third kappa shape index (κ3) is 3.36. The summed E-state index contributed by atoms with van der Waals surface area (Å²) in [6.45, 7) is 2.16. The maximum atomic E-state index is 13.7. The molecule has 0 spiro atoms. The standard InChI is InChI=1S/C15H13BrFNO2/c1-9-2-3-10(15(19)20)6-14(9)18-8-11-4-5-12(16)7-13(11)17/h2-7,18H,8H2,1H3,(H,19,20). The fourth-order valence-corrected chi connectivity index (χ4v) is 2.13. The molecule has 0 saturated heterocycles. The normalized spacial score (nSPS) is 10.3. The van der Waals surface area contributed by atoms with Gasteiger partial charge in [-0.3, -0.25) is 0 Å². The first-order chi connectivity index (χ1) is 9.47. The van der Waals surface area contributed by atoms with Crippen molar-refractivity contribution in [1.82, 2.24) is 0 Å². The number of carboxylic acids is 1. The predicted molar refractivity (Wildman–Crippen MR) is 79.6 cm³/mol. The van der Waals surface area contributed by atoms with E-state index in [9.17, 15) is 9.18 Å². The molecule has 2 aromatic rings. The molecule has 0 unspecified atom stereocenters. The molecule has 2 aromatic carbocycles. The van der Waals surface area contributed by atoms with Gasteiger partial charge in [-0.15, -0.1) is 0 Å². The van der Waals surface area contributed by atoms with E-state index in [1.165, 1.54) is 6.07 Å². The SMILES string of the molecule is Cc1ccc(C(=O)O)cc1NCc1ccc(Br)cc1F. The molecule has 0 aliphatic carbocycles. The molecular formula is C15H13BrFNO2. The van der Waals surface area contributed by atoms with Gasteiger partial charge in [0.25, 0.3) is 0 Å². The highest BCUT2D eigenvalue weighted by Crippen LogP contribution is 2.20. The quantitative estimate of drug-likeness (QED) is 0.878. The Hall–Kier alpha value is -1.88. The number of aromatic carboxylic acids is 1. The van der Waals surface area contributed by atoms with Gasteiger partial charge in [0.2, 0.25) is 0 Å². The Labute approximate surface area is 124 Å². The minimum Gasteiger partial charge on any atom is -0.478 e. The highest BCUT2D eigenvalue weighted by Gasteiger charge is 2.07. The van der Waals surface area contributed by atoms with E-state index in [0.717, 1.165) is 5.56 Å². The second-order valence-electron chi connectivity index (χ2n) is 4.42.